The Morgan fingerprint density at radius 2 is 1.82 bits per heavy atom. The molecule has 2 N–H and O–H groups in total. The molecule has 0 aromatic heterocycles. The Hall–Kier alpha value is -1.49. The van der Waals surface area contributed by atoms with Crippen molar-refractivity contribution in [2.24, 2.45) is 5.73 Å². The van der Waals surface area contributed by atoms with Gasteiger partial charge in [0.25, 0.3) is 0 Å². The molecule has 2 aromatic rings. The molecule has 0 heterocycles. The van der Waals surface area contributed by atoms with Crippen LogP contribution in [0.5, 0.6) is 0 Å². The third-order valence-corrected chi connectivity index (χ3v) is 2.93. The van der Waals surface area contributed by atoms with E-state index in [9.17, 15) is 0 Å². The zero-order chi connectivity index (χ0) is 12.1. The highest BCUT2D eigenvalue weighted by Crippen LogP contribution is 2.25. The van der Waals surface area contributed by atoms with Gasteiger partial charge in [0, 0.05) is 22.4 Å². The van der Waals surface area contributed by atoms with Crippen LogP contribution < -0.4 is 5.73 Å². The normalized spacial score (nSPS) is 10.0. The molecule has 0 spiro atoms. The lowest BCUT2D eigenvalue weighted by Crippen LogP contribution is -1.96. The largest absolute Gasteiger partial charge is 0.330 e. The fourth-order valence-corrected chi connectivity index (χ4v) is 1.95. The molecule has 0 aliphatic carbocycles. The van der Waals surface area contributed by atoms with Crippen molar-refractivity contribution in [3.05, 3.63) is 47.0 Å². The van der Waals surface area contributed by atoms with Gasteiger partial charge < -0.3 is 5.73 Å². The van der Waals surface area contributed by atoms with Gasteiger partial charge in [0.1, 0.15) is 0 Å². The minimum atomic E-state index is 0.691. The molecule has 0 unspecified atom stereocenters. The SMILES string of the molecule is NCCCC#Cc1ccc(Cl)c2ccccc12. The van der Waals surface area contributed by atoms with Gasteiger partial charge in [0.05, 0.1) is 0 Å². The molecule has 0 atom stereocenters. The fourth-order valence-electron chi connectivity index (χ4n) is 1.72. The summed E-state index contributed by atoms with van der Waals surface area (Å²) in [6.07, 6.45) is 1.78. The van der Waals surface area contributed by atoms with Crippen LogP contribution in [0, 0.1) is 11.8 Å². The zero-order valence-electron chi connectivity index (χ0n) is 9.54. The number of fused-ring (bicyclic) bond motifs is 1. The van der Waals surface area contributed by atoms with E-state index in [1.54, 1.807) is 0 Å². The molecule has 0 aliphatic heterocycles. The number of halogens is 1. The summed E-state index contributed by atoms with van der Waals surface area (Å²) >= 11 is 6.15. The summed E-state index contributed by atoms with van der Waals surface area (Å²) in [6, 6.07) is 11.9. The second-order valence-corrected chi connectivity index (χ2v) is 4.24. The van der Waals surface area contributed by atoms with E-state index in [1.807, 2.05) is 36.4 Å². The topological polar surface area (TPSA) is 26.0 Å². The van der Waals surface area contributed by atoms with Crippen LogP contribution in [-0.2, 0) is 0 Å². The van der Waals surface area contributed by atoms with E-state index in [-0.39, 0.29) is 0 Å². The lowest BCUT2D eigenvalue weighted by molar-refractivity contribution is 0.870. The van der Waals surface area contributed by atoms with E-state index in [4.69, 9.17) is 17.3 Å². The molecule has 2 rings (SSSR count). The number of hydrogen-bond donors (Lipinski definition) is 1. The monoisotopic (exact) mass is 243 g/mol. The molecule has 0 bridgehead atoms. The Morgan fingerprint density at radius 3 is 2.59 bits per heavy atom. The molecule has 2 aromatic carbocycles. The van der Waals surface area contributed by atoms with Gasteiger partial charge in [-0.1, -0.05) is 47.7 Å². The second-order valence-electron chi connectivity index (χ2n) is 3.83. The van der Waals surface area contributed by atoms with E-state index in [2.05, 4.69) is 11.8 Å². The minimum absolute atomic E-state index is 0.691. The van der Waals surface area contributed by atoms with Crippen LogP contribution in [0.1, 0.15) is 18.4 Å². The molecular weight excluding hydrogens is 230 g/mol. The van der Waals surface area contributed by atoms with Crippen molar-refractivity contribution >= 4 is 22.4 Å². The third-order valence-electron chi connectivity index (χ3n) is 2.60. The van der Waals surface area contributed by atoms with Crippen molar-refractivity contribution in [3.63, 3.8) is 0 Å². The third kappa shape index (κ3) is 2.79. The highest BCUT2D eigenvalue weighted by atomic mass is 35.5. The Labute approximate surface area is 107 Å². The predicted octanol–water partition coefficient (Wildman–Crippen LogP) is 3.58. The molecule has 86 valence electrons. The Morgan fingerprint density at radius 1 is 1.06 bits per heavy atom. The first-order valence-corrected chi connectivity index (χ1v) is 6.07. The summed E-state index contributed by atoms with van der Waals surface area (Å²) in [5.74, 6) is 6.33. The van der Waals surface area contributed by atoms with Crippen LogP contribution in [0.15, 0.2) is 36.4 Å². The maximum atomic E-state index is 6.15. The summed E-state index contributed by atoms with van der Waals surface area (Å²) in [5.41, 5.74) is 6.46. The maximum absolute atomic E-state index is 6.15. The molecular formula is C15H14ClN. The van der Waals surface area contributed by atoms with Crippen LogP contribution in [0.4, 0.5) is 0 Å². The number of rotatable bonds is 2. The molecule has 0 saturated heterocycles. The molecule has 0 saturated carbocycles. The van der Waals surface area contributed by atoms with Gasteiger partial charge in [-0.15, -0.1) is 0 Å². The van der Waals surface area contributed by atoms with Gasteiger partial charge in [-0.05, 0) is 30.5 Å². The van der Waals surface area contributed by atoms with E-state index in [1.165, 1.54) is 0 Å². The van der Waals surface area contributed by atoms with Gasteiger partial charge in [0.2, 0.25) is 0 Å². The summed E-state index contributed by atoms with van der Waals surface area (Å²) in [4.78, 5) is 0. The van der Waals surface area contributed by atoms with Gasteiger partial charge in [-0.3, -0.25) is 0 Å². The van der Waals surface area contributed by atoms with Crippen LogP contribution in [0.25, 0.3) is 10.8 Å². The summed E-state index contributed by atoms with van der Waals surface area (Å²) in [5, 5.41) is 2.94. The number of unbranched alkanes of at least 4 members (excludes halogenated alkanes) is 1. The van der Waals surface area contributed by atoms with Crippen LogP contribution >= 0.6 is 11.6 Å². The molecule has 0 amide bonds. The average Bonchev–Trinajstić information content (AvgIpc) is 2.37. The van der Waals surface area contributed by atoms with Crippen LogP contribution in [0.2, 0.25) is 5.02 Å². The molecule has 2 heteroatoms. The highest BCUT2D eigenvalue weighted by molar-refractivity contribution is 6.35. The number of benzene rings is 2. The smallest absolute Gasteiger partial charge is 0.0485 e. The minimum Gasteiger partial charge on any atom is -0.330 e. The summed E-state index contributed by atoms with van der Waals surface area (Å²) in [6.45, 7) is 0.691. The van der Waals surface area contributed by atoms with E-state index in [0.717, 1.165) is 34.2 Å². The first kappa shape index (κ1) is 12.0. The molecule has 0 aliphatic rings. The lowest BCUT2D eigenvalue weighted by Gasteiger charge is -2.02. The predicted molar refractivity (Wildman–Crippen MR) is 74.1 cm³/mol. The van der Waals surface area contributed by atoms with Gasteiger partial charge in [0.15, 0.2) is 0 Å². The molecule has 1 nitrogen and oxygen atoms in total. The highest BCUT2D eigenvalue weighted by Gasteiger charge is 2.01. The van der Waals surface area contributed by atoms with Gasteiger partial charge >= 0.3 is 0 Å². The zero-order valence-corrected chi connectivity index (χ0v) is 10.3. The van der Waals surface area contributed by atoms with Crippen molar-refractivity contribution in [3.8, 4) is 11.8 Å². The fraction of sp³-hybridized carbons (Fsp3) is 0.200. The van der Waals surface area contributed by atoms with Crippen LogP contribution in [-0.4, -0.2) is 6.54 Å². The Balaban J connectivity index is 2.40. The quantitative estimate of drug-likeness (QED) is 0.633. The van der Waals surface area contributed by atoms with Crippen molar-refractivity contribution in [1.82, 2.24) is 0 Å². The first-order chi connectivity index (χ1) is 8.33. The Kier molecular flexibility index (Phi) is 4.03. The standard InChI is InChI=1S/C15H14ClN/c16-15-10-9-12(6-2-1-5-11-17)13-7-3-4-8-14(13)15/h3-4,7-10H,1,5,11,17H2. The first-order valence-electron chi connectivity index (χ1n) is 5.69. The molecule has 17 heavy (non-hydrogen) atoms. The summed E-state index contributed by atoms with van der Waals surface area (Å²) in [7, 11) is 0. The lowest BCUT2D eigenvalue weighted by atomic mass is 10.0. The van der Waals surface area contributed by atoms with E-state index < -0.39 is 0 Å². The number of hydrogen-bond acceptors (Lipinski definition) is 1. The second kappa shape index (κ2) is 5.72. The summed E-state index contributed by atoms with van der Waals surface area (Å²) < 4.78 is 0. The van der Waals surface area contributed by atoms with Gasteiger partial charge in [-0.2, -0.15) is 0 Å². The molecule has 0 radical (unpaired) electrons. The van der Waals surface area contributed by atoms with Crippen molar-refractivity contribution in [2.45, 2.75) is 12.8 Å². The van der Waals surface area contributed by atoms with Crippen molar-refractivity contribution in [2.75, 3.05) is 6.54 Å². The van der Waals surface area contributed by atoms with Gasteiger partial charge in [-0.25, -0.2) is 0 Å². The van der Waals surface area contributed by atoms with Crippen molar-refractivity contribution < 1.29 is 0 Å². The average molecular weight is 244 g/mol. The maximum Gasteiger partial charge on any atom is 0.0485 e. The van der Waals surface area contributed by atoms with E-state index in [0.29, 0.717) is 6.54 Å². The van der Waals surface area contributed by atoms with Crippen LogP contribution in [0.3, 0.4) is 0 Å². The van der Waals surface area contributed by atoms with Crippen molar-refractivity contribution in [1.29, 1.82) is 0 Å². The molecule has 0 fully saturated rings. The number of nitrogens with two attached hydrogens (primary N) is 1. The van der Waals surface area contributed by atoms with E-state index >= 15 is 0 Å². The Bertz CT molecular complexity index is 578.